The lowest BCUT2D eigenvalue weighted by Gasteiger charge is -2.11. The summed E-state index contributed by atoms with van der Waals surface area (Å²) in [5, 5.41) is 6.95. The molecule has 0 unspecified atom stereocenters. The molecule has 0 heterocycles. The summed E-state index contributed by atoms with van der Waals surface area (Å²) in [4.78, 5) is 0. The van der Waals surface area contributed by atoms with Gasteiger partial charge in [0.2, 0.25) is 0 Å². The number of hydrogen-bond donors (Lipinski definition) is 2. The molecule has 3 nitrogen and oxygen atoms in total. The van der Waals surface area contributed by atoms with Crippen molar-refractivity contribution in [1.29, 1.82) is 0 Å². The number of rotatable bonds is 10. The molecule has 0 aliphatic heterocycles. The highest BCUT2D eigenvalue weighted by Gasteiger charge is 2.00. The minimum Gasteiger partial charge on any atom is -0.489 e. The average Bonchev–Trinajstić information content (AvgIpc) is 2.64. The van der Waals surface area contributed by atoms with Crippen molar-refractivity contribution in [2.24, 2.45) is 0 Å². The van der Waals surface area contributed by atoms with Crippen LogP contribution in [0.15, 0.2) is 61.2 Å². The van der Waals surface area contributed by atoms with Gasteiger partial charge in [-0.3, -0.25) is 0 Å². The lowest BCUT2D eigenvalue weighted by molar-refractivity contribution is 0.363. The fraction of sp³-hybridized carbons (Fsp3) is 0.250. The molecule has 2 N–H and O–H groups in total. The zero-order valence-electron chi connectivity index (χ0n) is 14.5. The second-order valence-electron chi connectivity index (χ2n) is 5.54. The van der Waals surface area contributed by atoms with Crippen LogP contribution in [-0.4, -0.2) is 24.0 Å². The highest BCUT2D eigenvalue weighted by Crippen LogP contribution is 2.17. The topological polar surface area (TPSA) is 33.3 Å². The maximum Gasteiger partial charge on any atom is 0.170 e. The predicted octanol–water partition coefficient (Wildman–Crippen LogP) is 5.00. The van der Waals surface area contributed by atoms with E-state index in [1.165, 1.54) is 12.1 Å². The first-order valence-corrected chi connectivity index (χ1v) is 9.94. The molecule has 2 aromatic rings. The minimum atomic E-state index is -0.193. The van der Waals surface area contributed by atoms with E-state index in [2.05, 4.69) is 17.2 Å². The first-order chi connectivity index (χ1) is 12.7. The maximum atomic E-state index is 12.8. The smallest absolute Gasteiger partial charge is 0.170 e. The molecule has 0 amide bonds. The van der Waals surface area contributed by atoms with Crippen LogP contribution in [0, 0.1) is 5.82 Å². The van der Waals surface area contributed by atoms with Gasteiger partial charge in [0.25, 0.3) is 0 Å². The van der Waals surface area contributed by atoms with Crippen molar-refractivity contribution in [3.05, 3.63) is 72.6 Å². The van der Waals surface area contributed by atoms with E-state index < -0.39 is 0 Å². The molecule has 0 aliphatic rings. The second kappa shape index (κ2) is 11.5. The van der Waals surface area contributed by atoms with Crippen LogP contribution in [-0.2, 0) is 5.75 Å². The molecule has 26 heavy (non-hydrogen) atoms. The Morgan fingerprint density at radius 1 is 1.23 bits per heavy atom. The Morgan fingerprint density at radius 3 is 2.81 bits per heavy atom. The summed E-state index contributed by atoms with van der Waals surface area (Å²) in [6.45, 7) is 4.91. The van der Waals surface area contributed by atoms with Crippen molar-refractivity contribution in [1.82, 2.24) is 5.32 Å². The molecular formula is C20H23FN2OS2. The van der Waals surface area contributed by atoms with Gasteiger partial charge in [-0.15, -0.1) is 0 Å². The van der Waals surface area contributed by atoms with Crippen LogP contribution in [0.2, 0.25) is 0 Å². The van der Waals surface area contributed by atoms with Crippen LogP contribution in [0.5, 0.6) is 5.75 Å². The van der Waals surface area contributed by atoms with Gasteiger partial charge in [0.05, 0.1) is 0 Å². The standard InChI is InChI=1S/C20H23FN2OS2/c1-2-12-24-19-6-3-5-18(14-19)23-20(25)22-11-4-13-26-15-16-7-9-17(21)10-8-16/h2-3,5-10,14H,1,4,11-13,15H2,(H2,22,23,25). The lowest BCUT2D eigenvalue weighted by atomic mass is 10.2. The zero-order chi connectivity index (χ0) is 18.6. The zero-order valence-corrected chi connectivity index (χ0v) is 16.2. The Bertz CT molecular complexity index is 707. The van der Waals surface area contributed by atoms with E-state index in [1.54, 1.807) is 6.08 Å². The highest BCUT2D eigenvalue weighted by molar-refractivity contribution is 7.98. The molecule has 0 spiro atoms. The first-order valence-electron chi connectivity index (χ1n) is 8.38. The van der Waals surface area contributed by atoms with Gasteiger partial charge in [0, 0.05) is 24.1 Å². The summed E-state index contributed by atoms with van der Waals surface area (Å²) >= 11 is 7.14. The van der Waals surface area contributed by atoms with E-state index in [0.717, 1.165) is 41.5 Å². The number of anilines is 1. The Kier molecular flexibility index (Phi) is 9.00. The van der Waals surface area contributed by atoms with Gasteiger partial charge in [-0.1, -0.05) is 30.9 Å². The van der Waals surface area contributed by atoms with Gasteiger partial charge >= 0.3 is 0 Å². The summed E-state index contributed by atoms with van der Waals surface area (Å²) < 4.78 is 18.3. The molecule has 0 aliphatic carbocycles. The van der Waals surface area contributed by atoms with Gasteiger partial charge in [-0.25, -0.2) is 4.39 Å². The maximum absolute atomic E-state index is 12.8. The largest absolute Gasteiger partial charge is 0.489 e. The van der Waals surface area contributed by atoms with Crippen LogP contribution in [0.1, 0.15) is 12.0 Å². The van der Waals surface area contributed by atoms with Gasteiger partial charge in [0.15, 0.2) is 5.11 Å². The van der Waals surface area contributed by atoms with Crippen LogP contribution in [0.25, 0.3) is 0 Å². The number of halogens is 1. The average molecular weight is 391 g/mol. The monoisotopic (exact) mass is 390 g/mol. The molecule has 2 rings (SSSR count). The van der Waals surface area contributed by atoms with Crippen molar-refractivity contribution in [3.8, 4) is 5.75 Å². The number of thiocarbonyl (C=S) groups is 1. The number of nitrogens with one attached hydrogen (secondary N) is 2. The minimum absolute atomic E-state index is 0.193. The molecule has 0 saturated carbocycles. The molecule has 0 aromatic heterocycles. The van der Waals surface area contributed by atoms with E-state index in [4.69, 9.17) is 17.0 Å². The molecule has 138 valence electrons. The SMILES string of the molecule is C=CCOc1cccc(NC(=S)NCCCSCc2ccc(F)cc2)c1. The molecule has 0 bridgehead atoms. The number of hydrogen-bond acceptors (Lipinski definition) is 3. The fourth-order valence-corrected chi connectivity index (χ4v) is 3.28. The molecule has 2 aromatic carbocycles. The predicted molar refractivity (Wildman–Crippen MR) is 114 cm³/mol. The molecule has 0 saturated heterocycles. The Morgan fingerprint density at radius 2 is 2.04 bits per heavy atom. The van der Waals surface area contributed by atoms with Crippen molar-refractivity contribution in [3.63, 3.8) is 0 Å². The Hall–Kier alpha value is -2.05. The number of ether oxygens (including phenoxy) is 1. The Labute approximate surface area is 164 Å². The summed E-state index contributed by atoms with van der Waals surface area (Å²) in [6.07, 6.45) is 2.70. The summed E-state index contributed by atoms with van der Waals surface area (Å²) in [5.74, 6) is 2.48. The molecule has 0 atom stereocenters. The van der Waals surface area contributed by atoms with Crippen LogP contribution in [0.4, 0.5) is 10.1 Å². The van der Waals surface area contributed by atoms with E-state index >= 15 is 0 Å². The highest BCUT2D eigenvalue weighted by atomic mass is 32.2. The van der Waals surface area contributed by atoms with Gasteiger partial charge in [-0.2, -0.15) is 11.8 Å². The summed E-state index contributed by atoms with van der Waals surface area (Å²) in [7, 11) is 0. The summed E-state index contributed by atoms with van der Waals surface area (Å²) in [6, 6.07) is 14.3. The van der Waals surface area contributed by atoms with Gasteiger partial charge < -0.3 is 15.4 Å². The third-order valence-corrected chi connectivity index (χ3v) is 4.75. The molecule has 0 radical (unpaired) electrons. The molecular weight excluding hydrogens is 367 g/mol. The fourth-order valence-electron chi connectivity index (χ4n) is 2.14. The normalized spacial score (nSPS) is 10.2. The third kappa shape index (κ3) is 7.89. The lowest BCUT2D eigenvalue weighted by Crippen LogP contribution is -2.29. The molecule has 6 heteroatoms. The second-order valence-corrected chi connectivity index (χ2v) is 7.05. The van der Waals surface area contributed by atoms with E-state index in [9.17, 15) is 4.39 Å². The van der Waals surface area contributed by atoms with E-state index in [0.29, 0.717) is 11.7 Å². The van der Waals surface area contributed by atoms with Gasteiger partial charge in [0.1, 0.15) is 18.2 Å². The van der Waals surface area contributed by atoms with Crippen molar-refractivity contribution < 1.29 is 9.13 Å². The van der Waals surface area contributed by atoms with E-state index in [-0.39, 0.29) is 5.82 Å². The van der Waals surface area contributed by atoms with Crippen LogP contribution in [0.3, 0.4) is 0 Å². The van der Waals surface area contributed by atoms with Crippen LogP contribution < -0.4 is 15.4 Å². The van der Waals surface area contributed by atoms with E-state index in [1.807, 2.05) is 48.2 Å². The summed E-state index contributed by atoms with van der Waals surface area (Å²) in [5.41, 5.74) is 2.02. The third-order valence-electron chi connectivity index (χ3n) is 3.39. The quantitative estimate of drug-likeness (QED) is 0.339. The van der Waals surface area contributed by atoms with Crippen molar-refractivity contribution >= 4 is 34.8 Å². The van der Waals surface area contributed by atoms with Crippen molar-refractivity contribution in [2.45, 2.75) is 12.2 Å². The number of thioether (sulfide) groups is 1. The number of benzene rings is 2. The van der Waals surface area contributed by atoms with Crippen molar-refractivity contribution in [2.75, 3.05) is 24.2 Å². The van der Waals surface area contributed by atoms with Gasteiger partial charge in [-0.05, 0) is 54.2 Å². The Balaban J connectivity index is 1.60. The van der Waals surface area contributed by atoms with Crippen LogP contribution >= 0.6 is 24.0 Å². The first kappa shape index (κ1) is 20.3. The molecule has 0 fully saturated rings.